The van der Waals surface area contributed by atoms with Gasteiger partial charge in [-0.25, -0.2) is 4.98 Å². The minimum atomic E-state index is -0.885. The molecule has 20 heavy (non-hydrogen) atoms. The number of esters is 1. The van der Waals surface area contributed by atoms with Crippen LogP contribution in [0.2, 0.25) is 0 Å². The van der Waals surface area contributed by atoms with Crippen LogP contribution in [0.4, 0.5) is 5.13 Å². The lowest BCUT2D eigenvalue weighted by atomic mass is 10.1. The van der Waals surface area contributed by atoms with Crippen LogP contribution >= 0.6 is 11.3 Å². The average molecular weight is 300 g/mol. The number of carbonyl (C=O) groups excluding carboxylic acids is 2. The number of thiazole rings is 1. The minimum absolute atomic E-state index is 0.433. The van der Waals surface area contributed by atoms with E-state index in [-0.39, 0.29) is 0 Å². The summed E-state index contributed by atoms with van der Waals surface area (Å²) in [7, 11) is 1.59. The van der Waals surface area contributed by atoms with Gasteiger partial charge in [-0.1, -0.05) is 11.3 Å². The fraction of sp³-hybridized carbons (Fsp3) is 0.615. The Bertz CT molecular complexity index is 479. The van der Waals surface area contributed by atoms with Crippen LogP contribution in [0.1, 0.15) is 32.6 Å². The molecule has 1 aromatic heterocycles. The van der Waals surface area contributed by atoms with Crippen molar-refractivity contribution in [3.8, 4) is 0 Å². The zero-order valence-corrected chi connectivity index (χ0v) is 13.2. The Hall–Kier alpha value is -1.47. The van der Waals surface area contributed by atoms with Crippen molar-refractivity contribution in [1.82, 2.24) is 4.98 Å². The summed E-state index contributed by atoms with van der Waals surface area (Å²) >= 11 is 1.31. The summed E-state index contributed by atoms with van der Waals surface area (Å²) in [4.78, 5) is 28.6. The zero-order chi connectivity index (χ0) is 15.3. The topological polar surface area (TPSA) is 77.5 Å². The summed E-state index contributed by atoms with van der Waals surface area (Å²) in [6, 6.07) is 0. The summed E-state index contributed by atoms with van der Waals surface area (Å²) < 4.78 is 10.1. The van der Waals surface area contributed by atoms with Gasteiger partial charge in [-0.3, -0.25) is 9.59 Å². The molecule has 0 spiro atoms. The molecule has 1 aromatic rings. The van der Waals surface area contributed by atoms with Gasteiger partial charge in [0.25, 0.3) is 0 Å². The fourth-order valence-corrected chi connectivity index (χ4v) is 2.07. The molecule has 0 aliphatic rings. The van der Waals surface area contributed by atoms with Gasteiger partial charge in [-0.2, -0.15) is 0 Å². The van der Waals surface area contributed by atoms with Crippen LogP contribution in [-0.2, 0) is 25.7 Å². The molecule has 0 bridgehead atoms. The number of hydrogen-bond acceptors (Lipinski definition) is 6. The molecule has 1 amide bonds. The van der Waals surface area contributed by atoms with Crippen molar-refractivity contribution in [2.24, 2.45) is 5.92 Å². The normalized spacial score (nSPS) is 12.8. The number of aromatic nitrogens is 1. The van der Waals surface area contributed by atoms with Gasteiger partial charge in [0.2, 0.25) is 5.91 Å². The smallest absolute Gasteiger partial charge is 0.318 e. The molecule has 0 aliphatic carbocycles. The first-order valence-corrected chi connectivity index (χ1v) is 7.02. The lowest BCUT2D eigenvalue weighted by molar-refractivity contribution is -0.160. The van der Waals surface area contributed by atoms with Crippen molar-refractivity contribution in [1.29, 1.82) is 0 Å². The molecule has 1 atom stereocenters. The predicted molar refractivity (Wildman–Crippen MR) is 76.5 cm³/mol. The molecule has 0 saturated carbocycles. The van der Waals surface area contributed by atoms with Gasteiger partial charge in [0.05, 0.1) is 11.5 Å². The van der Waals surface area contributed by atoms with Crippen LogP contribution < -0.4 is 5.32 Å². The van der Waals surface area contributed by atoms with Crippen LogP contribution in [0, 0.1) is 5.92 Å². The Morgan fingerprint density at radius 1 is 1.45 bits per heavy atom. The number of ether oxygens (including phenoxy) is 2. The van der Waals surface area contributed by atoms with E-state index in [1.807, 2.05) is 0 Å². The third-order valence-electron chi connectivity index (χ3n) is 2.22. The monoisotopic (exact) mass is 300 g/mol. The van der Waals surface area contributed by atoms with E-state index in [0.717, 1.165) is 4.88 Å². The Labute approximate surface area is 122 Å². The quantitative estimate of drug-likeness (QED) is 0.666. The summed E-state index contributed by atoms with van der Waals surface area (Å²) in [5.41, 5.74) is -0.613. The third kappa shape index (κ3) is 5.26. The molecule has 0 aromatic carbocycles. The largest absolute Gasteiger partial charge is 0.459 e. The lowest BCUT2D eigenvalue weighted by Gasteiger charge is -2.21. The summed E-state index contributed by atoms with van der Waals surface area (Å²) in [5.74, 6) is -1.87. The molecule has 0 saturated heterocycles. The average Bonchev–Trinajstić information content (AvgIpc) is 2.73. The summed E-state index contributed by atoms with van der Waals surface area (Å²) in [5, 5.41) is 3.04. The number of nitrogens with zero attached hydrogens (tertiary/aromatic N) is 1. The van der Waals surface area contributed by atoms with E-state index in [4.69, 9.17) is 9.47 Å². The highest BCUT2D eigenvalue weighted by atomic mass is 32.1. The first kappa shape index (κ1) is 16.6. The molecule has 1 heterocycles. The van der Waals surface area contributed by atoms with Crippen molar-refractivity contribution < 1.29 is 19.1 Å². The molecule has 1 rings (SSSR count). The van der Waals surface area contributed by atoms with Gasteiger partial charge in [0, 0.05) is 13.3 Å². The number of hydrogen-bond donors (Lipinski definition) is 1. The number of nitrogens with one attached hydrogen (secondary N) is 1. The maximum atomic E-state index is 11.9. The van der Waals surface area contributed by atoms with Crippen molar-refractivity contribution >= 4 is 28.3 Å². The van der Waals surface area contributed by atoms with Crippen molar-refractivity contribution in [2.75, 3.05) is 12.4 Å². The fourth-order valence-electron chi connectivity index (χ4n) is 1.29. The Morgan fingerprint density at radius 3 is 2.65 bits per heavy atom. The lowest BCUT2D eigenvalue weighted by Crippen LogP contribution is -2.33. The Balaban J connectivity index is 2.58. The second-order valence-corrected chi connectivity index (χ2v) is 6.42. The maximum Gasteiger partial charge on any atom is 0.318 e. The van der Waals surface area contributed by atoms with Crippen LogP contribution in [0.5, 0.6) is 0 Å². The number of methoxy groups -OCH3 is 1. The number of amides is 1. The van der Waals surface area contributed by atoms with Crippen LogP contribution in [0.3, 0.4) is 0 Å². The van der Waals surface area contributed by atoms with E-state index in [1.165, 1.54) is 18.3 Å². The van der Waals surface area contributed by atoms with E-state index in [0.29, 0.717) is 11.7 Å². The van der Waals surface area contributed by atoms with E-state index in [9.17, 15) is 9.59 Å². The first-order valence-electron chi connectivity index (χ1n) is 6.20. The van der Waals surface area contributed by atoms with Gasteiger partial charge in [0.1, 0.15) is 11.5 Å². The van der Waals surface area contributed by atoms with Crippen molar-refractivity contribution in [2.45, 2.75) is 39.9 Å². The molecular weight excluding hydrogens is 280 g/mol. The first-order chi connectivity index (χ1) is 9.23. The van der Waals surface area contributed by atoms with Gasteiger partial charge >= 0.3 is 5.97 Å². The second kappa shape index (κ2) is 6.81. The van der Waals surface area contributed by atoms with Crippen molar-refractivity contribution in [3.63, 3.8) is 0 Å². The highest BCUT2D eigenvalue weighted by Gasteiger charge is 2.27. The number of rotatable bonds is 5. The number of anilines is 1. The highest BCUT2D eigenvalue weighted by molar-refractivity contribution is 7.15. The maximum absolute atomic E-state index is 11.9. The SMILES string of the molecule is COCc1cnc(NC(=O)C(C)C(=O)OC(C)(C)C)s1. The van der Waals surface area contributed by atoms with Gasteiger partial charge in [-0.15, -0.1) is 0 Å². The van der Waals surface area contributed by atoms with Crippen LogP contribution in [-0.4, -0.2) is 29.6 Å². The van der Waals surface area contributed by atoms with Crippen LogP contribution in [0.15, 0.2) is 6.20 Å². The summed E-state index contributed by atoms with van der Waals surface area (Å²) in [6.07, 6.45) is 1.63. The van der Waals surface area contributed by atoms with E-state index < -0.39 is 23.4 Å². The molecule has 1 N–H and O–H groups in total. The zero-order valence-electron chi connectivity index (χ0n) is 12.4. The third-order valence-corrected chi connectivity index (χ3v) is 3.11. The molecular formula is C13H20N2O4S. The molecule has 7 heteroatoms. The Morgan fingerprint density at radius 2 is 2.10 bits per heavy atom. The molecule has 1 unspecified atom stereocenters. The van der Waals surface area contributed by atoms with Gasteiger partial charge in [0.15, 0.2) is 5.13 Å². The predicted octanol–water partition coefficient (Wildman–Crippen LogP) is 2.21. The van der Waals surface area contributed by atoms with E-state index in [1.54, 1.807) is 34.1 Å². The second-order valence-electron chi connectivity index (χ2n) is 5.31. The van der Waals surface area contributed by atoms with E-state index in [2.05, 4.69) is 10.3 Å². The van der Waals surface area contributed by atoms with Crippen LogP contribution in [0.25, 0.3) is 0 Å². The van der Waals surface area contributed by atoms with Gasteiger partial charge in [-0.05, 0) is 27.7 Å². The standard InChI is InChI=1S/C13H20N2O4S/c1-8(11(17)19-13(2,3)4)10(16)15-12-14-6-9(20-12)7-18-5/h6,8H,7H2,1-5H3,(H,14,15,16). The highest BCUT2D eigenvalue weighted by Crippen LogP contribution is 2.20. The molecule has 6 nitrogen and oxygen atoms in total. The molecule has 0 radical (unpaired) electrons. The number of carbonyl (C=O) groups is 2. The summed E-state index contributed by atoms with van der Waals surface area (Å²) in [6.45, 7) is 7.22. The molecule has 0 aliphatic heterocycles. The van der Waals surface area contributed by atoms with E-state index >= 15 is 0 Å². The van der Waals surface area contributed by atoms with Gasteiger partial charge < -0.3 is 14.8 Å². The Kier molecular flexibility index (Phi) is 5.64. The molecule has 0 fully saturated rings. The minimum Gasteiger partial charge on any atom is -0.459 e. The van der Waals surface area contributed by atoms with Crippen molar-refractivity contribution in [3.05, 3.63) is 11.1 Å². The molecule has 112 valence electrons.